The van der Waals surface area contributed by atoms with E-state index in [0.717, 1.165) is 0 Å². The third-order valence-electron chi connectivity index (χ3n) is 11.9. The second kappa shape index (κ2) is 9.14. The molecule has 50 heavy (non-hydrogen) atoms. The zero-order valence-corrected chi connectivity index (χ0v) is 28.2. The molecule has 0 saturated heterocycles. The molecule has 4 heterocycles. The van der Waals surface area contributed by atoms with E-state index in [1.54, 1.807) is 0 Å². The van der Waals surface area contributed by atoms with Gasteiger partial charge in [0, 0.05) is 43.8 Å². The molecule has 8 aromatic carbocycles. The minimum atomic E-state index is 0.0294. The molecule has 2 aliphatic rings. The average Bonchev–Trinajstić information content (AvgIpc) is 3.66. The molecule has 232 valence electrons. The van der Waals surface area contributed by atoms with E-state index >= 15 is 0 Å². The molecular weight excluding hydrogens is 603 g/mol. The Morgan fingerprint density at radius 1 is 0.500 bits per heavy atom. The van der Waals surface area contributed by atoms with Gasteiger partial charge in [-0.25, -0.2) is 0 Å². The number of para-hydroxylation sites is 2. The first-order chi connectivity index (χ1) is 24.6. The van der Waals surface area contributed by atoms with Crippen molar-refractivity contribution < 1.29 is 0 Å². The maximum Gasteiger partial charge on any atom is 0.333 e. The van der Waals surface area contributed by atoms with Gasteiger partial charge in [-0.3, -0.25) is 0 Å². The average molecular weight is 635 g/mol. The number of hydrogen-bond acceptors (Lipinski definition) is 0. The van der Waals surface area contributed by atoms with Crippen LogP contribution in [0.2, 0.25) is 0 Å². The van der Waals surface area contributed by atoms with Gasteiger partial charge in [0.05, 0.1) is 11.0 Å². The summed E-state index contributed by atoms with van der Waals surface area (Å²) in [5, 5.41) is 10.5. The number of nitrogens with zero attached hydrogens (tertiary/aromatic N) is 2. The Hall–Kier alpha value is -6.06. The van der Waals surface area contributed by atoms with Crippen LogP contribution >= 0.6 is 0 Å². The molecule has 0 radical (unpaired) electrons. The molecule has 12 rings (SSSR count). The molecule has 0 saturated carbocycles. The highest BCUT2D eigenvalue weighted by Gasteiger charge is 2.42. The lowest BCUT2D eigenvalue weighted by molar-refractivity contribution is 1.18. The van der Waals surface area contributed by atoms with E-state index in [0.29, 0.717) is 0 Å². The first-order valence-corrected chi connectivity index (χ1v) is 17.7. The predicted molar refractivity (Wildman–Crippen MR) is 214 cm³/mol. The van der Waals surface area contributed by atoms with Crippen LogP contribution < -0.4 is 10.9 Å². The number of aryl methyl sites for hydroxylation is 3. The van der Waals surface area contributed by atoms with E-state index in [1.807, 2.05) is 0 Å². The summed E-state index contributed by atoms with van der Waals surface area (Å²) in [5.74, 6) is 0. The van der Waals surface area contributed by atoms with E-state index in [9.17, 15) is 0 Å². The number of aromatic nitrogens is 2. The highest BCUT2D eigenvalue weighted by molar-refractivity contribution is 6.90. The molecule has 2 aromatic heterocycles. The molecule has 0 atom stereocenters. The number of hydrogen-bond donors (Lipinski definition) is 0. The summed E-state index contributed by atoms with van der Waals surface area (Å²) in [6.45, 7) is 6.79. The summed E-state index contributed by atoms with van der Waals surface area (Å²) in [5.41, 5.74) is 18.5. The number of benzene rings is 8. The third-order valence-corrected chi connectivity index (χ3v) is 11.9. The quantitative estimate of drug-likeness (QED) is 0.159. The smallest absolute Gasteiger partial charge is 0.333 e. The van der Waals surface area contributed by atoms with Crippen molar-refractivity contribution in [3.63, 3.8) is 0 Å². The van der Waals surface area contributed by atoms with Gasteiger partial charge < -0.3 is 9.05 Å². The molecule has 10 aromatic rings. The Balaban J connectivity index is 1.38. The Morgan fingerprint density at radius 3 is 2.02 bits per heavy atom. The van der Waals surface area contributed by atoms with Gasteiger partial charge in [0.25, 0.3) is 0 Å². The highest BCUT2D eigenvalue weighted by atomic mass is 15.0. The molecule has 0 N–H and O–H groups in total. The lowest BCUT2D eigenvalue weighted by atomic mass is 9.45. The van der Waals surface area contributed by atoms with E-state index < -0.39 is 0 Å². The fourth-order valence-electron chi connectivity index (χ4n) is 10.2. The summed E-state index contributed by atoms with van der Waals surface area (Å²) in [6, 6.07) is 50.8. The second-order valence-electron chi connectivity index (χ2n) is 14.6. The maximum absolute atomic E-state index is 2.68. The van der Waals surface area contributed by atoms with Crippen LogP contribution in [0.5, 0.6) is 0 Å². The van der Waals surface area contributed by atoms with Crippen molar-refractivity contribution in [3.8, 4) is 27.9 Å². The zero-order chi connectivity index (χ0) is 33.0. The van der Waals surface area contributed by atoms with Gasteiger partial charge in [-0.05, 0) is 105 Å². The molecule has 3 heteroatoms. The van der Waals surface area contributed by atoms with Gasteiger partial charge in [-0.1, -0.05) is 115 Å². The summed E-state index contributed by atoms with van der Waals surface area (Å²) < 4.78 is 5.31. The minimum absolute atomic E-state index is 0.0294. The molecule has 2 aliphatic heterocycles. The first-order valence-electron chi connectivity index (χ1n) is 17.7. The van der Waals surface area contributed by atoms with E-state index in [2.05, 4.69) is 163 Å². The van der Waals surface area contributed by atoms with Gasteiger partial charge in [0.2, 0.25) is 0 Å². The molecule has 0 fully saturated rings. The van der Waals surface area contributed by atoms with Gasteiger partial charge in [0.15, 0.2) is 0 Å². The second-order valence-corrected chi connectivity index (χ2v) is 14.6. The fourth-order valence-corrected chi connectivity index (χ4v) is 10.2. The molecule has 0 spiro atoms. The molecule has 0 aliphatic carbocycles. The van der Waals surface area contributed by atoms with E-state index in [-0.39, 0.29) is 6.85 Å². The highest BCUT2D eigenvalue weighted by Crippen LogP contribution is 2.47. The number of fused-ring (bicyclic) bond motifs is 14. The monoisotopic (exact) mass is 634 g/mol. The van der Waals surface area contributed by atoms with Crippen LogP contribution in [0, 0.1) is 20.8 Å². The Labute approximate surface area is 289 Å². The van der Waals surface area contributed by atoms with Crippen LogP contribution in [0.15, 0.2) is 133 Å². The van der Waals surface area contributed by atoms with Crippen molar-refractivity contribution in [2.24, 2.45) is 0 Å². The van der Waals surface area contributed by atoms with Gasteiger partial charge in [0.1, 0.15) is 0 Å². The minimum Gasteiger partial charge on any atom is -0.375 e. The lowest BCUT2D eigenvalue weighted by Crippen LogP contribution is -2.55. The summed E-state index contributed by atoms with van der Waals surface area (Å²) in [6.07, 6.45) is 0. The Morgan fingerprint density at radius 2 is 1.20 bits per heavy atom. The third kappa shape index (κ3) is 3.13. The van der Waals surface area contributed by atoms with Crippen LogP contribution in [0.25, 0.3) is 93.1 Å². The Kier molecular flexibility index (Phi) is 4.90. The molecule has 0 bridgehead atoms. The summed E-state index contributed by atoms with van der Waals surface area (Å²) in [4.78, 5) is 0. The van der Waals surface area contributed by atoms with Gasteiger partial charge in [-0.2, -0.15) is 0 Å². The zero-order valence-electron chi connectivity index (χ0n) is 28.2. The molecule has 0 amide bonds. The molecular formula is C47H31BN2. The normalized spacial score (nSPS) is 13.1. The van der Waals surface area contributed by atoms with Gasteiger partial charge in [-0.15, -0.1) is 0 Å². The maximum atomic E-state index is 2.68. The van der Waals surface area contributed by atoms with Crippen LogP contribution in [0.3, 0.4) is 0 Å². The van der Waals surface area contributed by atoms with E-state index in [4.69, 9.17) is 0 Å². The van der Waals surface area contributed by atoms with Crippen molar-refractivity contribution in [1.82, 2.24) is 9.05 Å². The van der Waals surface area contributed by atoms with Crippen molar-refractivity contribution in [1.29, 1.82) is 0 Å². The van der Waals surface area contributed by atoms with Crippen LogP contribution in [0.1, 0.15) is 16.7 Å². The summed E-state index contributed by atoms with van der Waals surface area (Å²) in [7, 11) is 0. The molecule has 0 unspecified atom stereocenters. The fraction of sp³-hybridized carbons (Fsp3) is 0.0638. The first kappa shape index (κ1) is 26.8. The standard InChI is InChI=1S/C47H31BN2/c1-26-21-27(2)42(28(3)22-26)31-23-37-36-17-10-16-35-34-15-8-9-18-39(34)50(46(35)36)48-38-24-30-12-5-7-14-33(30)44-43-32-13-6-4-11-29(32)19-20-40(43)49(47(38)44)41(25-31)45(37)48/h4-25H,1-3H3. The predicted octanol–water partition coefficient (Wildman–Crippen LogP) is 10.7. The van der Waals surface area contributed by atoms with Crippen molar-refractivity contribution in [3.05, 3.63) is 150 Å². The lowest BCUT2D eigenvalue weighted by Gasteiger charge is -2.35. The van der Waals surface area contributed by atoms with Crippen LogP contribution in [-0.4, -0.2) is 15.9 Å². The largest absolute Gasteiger partial charge is 0.375 e. The SMILES string of the molecule is Cc1cc(C)c(-c2cc3c4c(c2)-n2c5ccc6ccccc6c5c5c6ccccc6cc(c52)B4n2c4ccccc4c4cccc-3c42)c(C)c1. The van der Waals surface area contributed by atoms with Crippen LogP contribution in [0.4, 0.5) is 0 Å². The van der Waals surface area contributed by atoms with Crippen molar-refractivity contribution >= 4 is 82.9 Å². The van der Waals surface area contributed by atoms with Crippen molar-refractivity contribution in [2.45, 2.75) is 20.8 Å². The summed E-state index contributed by atoms with van der Waals surface area (Å²) >= 11 is 0. The van der Waals surface area contributed by atoms with Crippen LogP contribution in [-0.2, 0) is 0 Å². The number of rotatable bonds is 1. The van der Waals surface area contributed by atoms with E-state index in [1.165, 1.54) is 121 Å². The van der Waals surface area contributed by atoms with Crippen molar-refractivity contribution in [2.75, 3.05) is 0 Å². The Bertz CT molecular complexity index is 3170. The van der Waals surface area contributed by atoms with Gasteiger partial charge >= 0.3 is 6.85 Å². The molecule has 2 nitrogen and oxygen atoms in total. The topological polar surface area (TPSA) is 9.86 Å².